The Labute approximate surface area is 177 Å². The molecule has 1 rings (SSSR count). The molecule has 0 aliphatic heterocycles. The molecule has 5 nitrogen and oxygen atoms in total. The van der Waals surface area contributed by atoms with Gasteiger partial charge in [-0.15, -0.1) is 24.0 Å². The topological polar surface area (TPSA) is 48.9 Å². The highest BCUT2D eigenvalue weighted by molar-refractivity contribution is 14.0. The first-order chi connectivity index (χ1) is 11.5. The number of nitrogens with zero attached hydrogens (tertiary/aromatic N) is 2. The average molecular weight is 476 g/mol. The summed E-state index contributed by atoms with van der Waals surface area (Å²) in [6.45, 7) is 13.2. The maximum Gasteiger partial charge on any atom is 0.191 e. The average Bonchev–Trinajstić information content (AvgIpc) is 2.46. The first kappa shape index (κ1) is 25.0. The SMILES string of the molecule is CN=C(NCc1ccccc1OC(C)(C)C)NCC(C)(C)CN(C)C.I. The van der Waals surface area contributed by atoms with E-state index in [1.165, 1.54) is 0 Å². The molecule has 6 heteroatoms. The molecule has 0 amide bonds. The fourth-order valence-corrected chi connectivity index (χ4v) is 2.71. The summed E-state index contributed by atoms with van der Waals surface area (Å²) in [6.07, 6.45) is 0. The van der Waals surface area contributed by atoms with Crippen molar-refractivity contribution in [1.82, 2.24) is 15.5 Å². The summed E-state index contributed by atoms with van der Waals surface area (Å²) in [5, 5.41) is 6.81. The largest absolute Gasteiger partial charge is 0.488 e. The van der Waals surface area contributed by atoms with Crippen molar-refractivity contribution in [2.24, 2.45) is 10.4 Å². The minimum Gasteiger partial charge on any atom is -0.488 e. The molecule has 0 saturated heterocycles. The predicted octanol–water partition coefficient (Wildman–Crippen LogP) is 3.73. The third kappa shape index (κ3) is 10.2. The van der Waals surface area contributed by atoms with Crippen LogP contribution in [0.4, 0.5) is 0 Å². The molecule has 0 fully saturated rings. The molecule has 0 aromatic heterocycles. The van der Waals surface area contributed by atoms with E-state index in [0.29, 0.717) is 6.54 Å². The van der Waals surface area contributed by atoms with Gasteiger partial charge in [-0.25, -0.2) is 0 Å². The van der Waals surface area contributed by atoms with E-state index >= 15 is 0 Å². The lowest BCUT2D eigenvalue weighted by atomic mass is 9.93. The second kappa shape index (κ2) is 11.0. The molecule has 150 valence electrons. The summed E-state index contributed by atoms with van der Waals surface area (Å²) in [5.41, 5.74) is 1.06. The molecule has 0 bridgehead atoms. The highest BCUT2D eigenvalue weighted by Crippen LogP contribution is 2.22. The Hall–Kier alpha value is -1.02. The fourth-order valence-electron chi connectivity index (χ4n) is 2.71. The van der Waals surface area contributed by atoms with E-state index in [0.717, 1.165) is 30.4 Å². The Morgan fingerprint density at radius 3 is 2.23 bits per heavy atom. The molecular formula is C20H37IN4O. The van der Waals surface area contributed by atoms with E-state index in [-0.39, 0.29) is 35.0 Å². The molecule has 0 unspecified atom stereocenters. The van der Waals surface area contributed by atoms with Gasteiger partial charge in [0.25, 0.3) is 0 Å². The van der Waals surface area contributed by atoms with E-state index in [1.807, 2.05) is 18.2 Å². The minimum absolute atomic E-state index is 0. The van der Waals surface area contributed by atoms with Crippen molar-refractivity contribution in [2.75, 3.05) is 34.2 Å². The Kier molecular flexibility index (Phi) is 10.5. The molecule has 0 aliphatic carbocycles. The molecule has 0 spiro atoms. The van der Waals surface area contributed by atoms with E-state index in [2.05, 4.69) is 75.3 Å². The van der Waals surface area contributed by atoms with Crippen LogP contribution in [0.5, 0.6) is 5.75 Å². The number of ether oxygens (including phenoxy) is 1. The second-order valence-electron chi connectivity index (χ2n) is 8.50. The van der Waals surface area contributed by atoms with Gasteiger partial charge in [0.15, 0.2) is 5.96 Å². The summed E-state index contributed by atoms with van der Waals surface area (Å²) < 4.78 is 6.05. The van der Waals surface area contributed by atoms with Crippen molar-refractivity contribution < 1.29 is 4.74 Å². The molecule has 0 heterocycles. The van der Waals surface area contributed by atoms with Crippen LogP contribution >= 0.6 is 24.0 Å². The van der Waals surface area contributed by atoms with E-state index in [9.17, 15) is 0 Å². The first-order valence-corrected chi connectivity index (χ1v) is 8.88. The van der Waals surface area contributed by atoms with Gasteiger partial charge in [0.1, 0.15) is 11.4 Å². The zero-order valence-electron chi connectivity index (χ0n) is 17.6. The van der Waals surface area contributed by atoms with Crippen molar-refractivity contribution >= 4 is 29.9 Å². The number of nitrogens with one attached hydrogen (secondary N) is 2. The van der Waals surface area contributed by atoms with Crippen LogP contribution in [0.3, 0.4) is 0 Å². The van der Waals surface area contributed by atoms with Crippen molar-refractivity contribution in [3.63, 3.8) is 0 Å². The molecule has 2 N–H and O–H groups in total. The van der Waals surface area contributed by atoms with Crippen LogP contribution in [-0.2, 0) is 6.54 Å². The predicted molar refractivity (Wildman–Crippen MR) is 123 cm³/mol. The van der Waals surface area contributed by atoms with Gasteiger partial charge in [-0.1, -0.05) is 32.0 Å². The standard InChI is InChI=1S/C20H36N4O.HI/c1-19(2,3)25-17-12-10-9-11-16(17)13-22-18(21-6)23-14-20(4,5)15-24(7)8;/h9-12H,13-15H2,1-8H3,(H2,21,22,23);1H. The highest BCUT2D eigenvalue weighted by Gasteiger charge is 2.19. The van der Waals surface area contributed by atoms with Crippen LogP contribution in [0.15, 0.2) is 29.3 Å². The van der Waals surface area contributed by atoms with Gasteiger partial charge in [0, 0.05) is 32.2 Å². The number of para-hydroxylation sites is 1. The number of aliphatic imine (C=N–C) groups is 1. The highest BCUT2D eigenvalue weighted by atomic mass is 127. The number of benzene rings is 1. The van der Waals surface area contributed by atoms with Crippen LogP contribution in [0.25, 0.3) is 0 Å². The van der Waals surface area contributed by atoms with E-state index in [4.69, 9.17) is 4.74 Å². The Balaban J connectivity index is 0.00000625. The number of rotatable bonds is 7. The van der Waals surface area contributed by atoms with Gasteiger partial charge in [0.2, 0.25) is 0 Å². The maximum absolute atomic E-state index is 6.05. The smallest absolute Gasteiger partial charge is 0.191 e. The van der Waals surface area contributed by atoms with Crippen molar-refractivity contribution in [2.45, 2.75) is 46.8 Å². The summed E-state index contributed by atoms with van der Waals surface area (Å²) in [4.78, 5) is 6.54. The maximum atomic E-state index is 6.05. The zero-order chi connectivity index (χ0) is 19.1. The molecule has 1 aromatic carbocycles. The molecule has 1 aromatic rings. The number of halogens is 1. The van der Waals surface area contributed by atoms with Gasteiger partial charge < -0.3 is 20.3 Å². The Bertz CT molecular complexity index is 565. The quantitative estimate of drug-likeness (QED) is 0.358. The van der Waals surface area contributed by atoms with Gasteiger partial charge >= 0.3 is 0 Å². The lowest BCUT2D eigenvalue weighted by molar-refractivity contribution is 0.129. The van der Waals surface area contributed by atoms with Crippen molar-refractivity contribution in [3.05, 3.63) is 29.8 Å². The van der Waals surface area contributed by atoms with Crippen molar-refractivity contribution in [1.29, 1.82) is 0 Å². The normalized spacial score (nSPS) is 12.6. The van der Waals surface area contributed by atoms with E-state index < -0.39 is 0 Å². The molecule has 0 saturated carbocycles. The Morgan fingerprint density at radius 1 is 1.08 bits per heavy atom. The Morgan fingerprint density at radius 2 is 1.69 bits per heavy atom. The second-order valence-corrected chi connectivity index (χ2v) is 8.50. The van der Waals surface area contributed by atoms with Crippen LogP contribution in [0.2, 0.25) is 0 Å². The summed E-state index contributed by atoms with van der Waals surface area (Å²) in [6, 6.07) is 8.13. The van der Waals surface area contributed by atoms with Gasteiger partial charge in [-0.05, 0) is 46.3 Å². The van der Waals surface area contributed by atoms with Gasteiger partial charge in [-0.3, -0.25) is 4.99 Å². The number of guanidine groups is 1. The third-order valence-corrected chi connectivity index (χ3v) is 3.54. The summed E-state index contributed by atoms with van der Waals surface area (Å²) in [7, 11) is 5.99. The lowest BCUT2D eigenvalue weighted by Crippen LogP contribution is -2.44. The van der Waals surface area contributed by atoms with Gasteiger partial charge in [0.05, 0.1) is 0 Å². The van der Waals surface area contributed by atoms with Crippen LogP contribution in [-0.4, -0.2) is 50.7 Å². The van der Waals surface area contributed by atoms with Crippen LogP contribution in [0, 0.1) is 5.41 Å². The van der Waals surface area contributed by atoms with Crippen LogP contribution < -0.4 is 15.4 Å². The molecule has 26 heavy (non-hydrogen) atoms. The molecular weight excluding hydrogens is 439 g/mol. The van der Waals surface area contributed by atoms with Crippen LogP contribution in [0.1, 0.15) is 40.2 Å². The molecule has 0 aliphatic rings. The fraction of sp³-hybridized carbons (Fsp3) is 0.650. The number of hydrogen-bond donors (Lipinski definition) is 2. The first-order valence-electron chi connectivity index (χ1n) is 8.88. The lowest BCUT2D eigenvalue weighted by Gasteiger charge is -2.29. The zero-order valence-corrected chi connectivity index (χ0v) is 20.0. The summed E-state index contributed by atoms with van der Waals surface area (Å²) in [5.74, 6) is 1.71. The van der Waals surface area contributed by atoms with Crippen molar-refractivity contribution in [3.8, 4) is 5.75 Å². The van der Waals surface area contributed by atoms with E-state index in [1.54, 1.807) is 7.05 Å². The molecule has 0 radical (unpaired) electrons. The molecule has 0 atom stereocenters. The van der Waals surface area contributed by atoms with Gasteiger partial charge in [-0.2, -0.15) is 0 Å². The third-order valence-electron chi connectivity index (χ3n) is 3.54. The number of hydrogen-bond acceptors (Lipinski definition) is 3. The minimum atomic E-state index is -0.216. The summed E-state index contributed by atoms with van der Waals surface area (Å²) >= 11 is 0. The monoisotopic (exact) mass is 476 g/mol.